The number of tetrazole rings is 1. The van der Waals surface area contributed by atoms with Crippen LogP contribution in [0.25, 0.3) is 11.4 Å². The number of nitrogen functional groups attached to an aromatic ring is 1. The molecule has 0 aliphatic carbocycles. The summed E-state index contributed by atoms with van der Waals surface area (Å²) in [6, 6.07) is 3.02. The summed E-state index contributed by atoms with van der Waals surface area (Å²) in [4.78, 5) is 0. The third-order valence-corrected chi connectivity index (χ3v) is 3.49. The highest BCUT2D eigenvalue weighted by molar-refractivity contribution is 6.43. The summed E-state index contributed by atoms with van der Waals surface area (Å²) < 4.78 is 37.7. The molecule has 10 heteroatoms. The van der Waals surface area contributed by atoms with Crippen molar-refractivity contribution in [3.8, 4) is 11.4 Å². The zero-order chi connectivity index (χ0) is 15.6. The van der Waals surface area contributed by atoms with Gasteiger partial charge in [0, 0.05) is 18.5 Å². The summed E-state index contributed by atoms with van der Waals surface area (Å²) in [7, 11) is 0. The Labute approximate surface area is 127 Å². The largest absolute Gasteiger partial charge is 0.397 e. The Hall–Kier alpha value is -1.54. The average molecular weight is 340 g/mol. The summed E-state index contributed by atoms with van der Waals surface area (Å²) in [6.45, 7) is 0.0298. The number of nitrogens with two attached hydrogens (primary N) is 1. The van der Waals surface area contributed by atoms with Crippen LogP contribution in [0.2, 0.25) is 10.0 Å². The number of alkyl halides is 3. The molecular formula is C11H10Cl2F3N5. The Morgan fingerprint density at radius 1 is 1.24 bits per heavy atom. The molecule has 0 saturated carbocycles. The molecule has 1 heterocycles. The van der Waals surface area contributed by atoms with E-state index in [1.165, 1.54) is 16.8 Å². The maximum Gasteiger partial charge on any atom is 0.389 e. The highest BCUT2D eigenvalue weighted by Gasteiger charge is 2.26. The molecule has 0 spiro atoms. The normalized spacial score (nSPS) is 11.9. The van der Waals surface area contributed by atoms with Crippen LogP contribution < -0.4 is 5.73 Å². The van der Waals surface area contributed by atoms with E-state index in [9.17, 15) is 13.2 Å². The monoisotopic (exact) mass is 339 g/mol. The zero-order valence-electron chi connectivity index (χ0n) is 10.5. The van der Waals surface area contributed by atoms with Crippen LogP contribution in [-0.4, -0.2) is 26.4 Å². The van der Waals surface area contributed by atoms with Gasteiger partial charge in [-0.3, -0.25) is 0 Å². The molecule has 2 rings (SSSR count). The van der Waals surface area contributed by atoms with Gasteiger partial charge in [0.15, 0.2) is 5.82 Å². The molecule has 0 radical (unpaired) electrons. The molecule has 1 aromatic carbocycles. The Morgan fingerprint density at radius 3 is 2.57 bits per heavy atom. The molecule has 1 aromatic heterocycles. The summed E-state index contributed by atoms with van der Waals surface area (Å²) in [5.41, 5.74) is 6.42. The van der Waals surface area contributed by atoms with Crippen molar-refractivity contribution in [2.24, 2.45) is 0 Å². The topological polar surface area (TPSA) is 69.6 Å². The van der Waals surface area contributed by atoms with Gasteiger partial charge in [0.2, 0.25) is 0 Å². The number of aromatic nitrogens is 4. The summed E-state index contributed by atoms with van der Waals surface area (Å²) in [5, 5.41) is 11.3. The van der Waals surface area contributed by atoms with Gasteiger partial charge in [-0.1, -0.05) is 23.2 Å². The van der Waals surface area contributed by atoms with E-state index in [0.717, 1.165) is 0 Å². The van der Waals surface area contributed by atoms with Gasteiger partial charge in [-0.2, -0.15) is 13.2 Å². The van der Waals surface area contributed by atoms with E-state index < -0.39 is 12.6 Å². The van der Waals surface area contributed by atoms with Crippen molar-refractivity contribution < 1.29 is 13.2 Å². The molecule has 0 aliphatic rings. The average Bonchev–Trinajstić information content (AvgIpc) is 2.82. The lowest BCUT2D eigenvalue weighted by Gasteiger charge is -2.08. The molecule has 2 aromatic rings. The molecule has 0 bridgehead atoms. The van der Waals surface area contributed by atoms with Crippen molar-refractivity contribution in [2.75, 3.05) is 5.73 Å². The highest BCUT2D eigenvalue weighted by Crippen LogP contribution is 2.33. The lowest BCUT2D eigenvalue weighted by Crippen LogP contribution is -2.10. The fourth-order valence-corrected chi connectivity index (χ4v) is 2.07. The third kappa shape index (κ3) is 3.98. The number of nitrogens with zero attached hydrogens (tertiary/aromatic N) is 4. The third-order valence-electron chi connectivity index (χ3n) is 2.68. The SMILES string of the molecule is Nc1cc(-c2nnnn2CCCC(F)(F)F)cc(Cl)c1Cl. The molecular weight excluding hydrogens is 330 g/mol. The van der Waals surface area contributed by atoms with Crippen molar-refractivity contribution in [1.29, 1.82) is 0 Å². The van der Waals surface area contributed by atoms with E-state index in [0.29, 0.717) is 5.56 Å². The predicted octanol–water partition coefficient (Wildman–Crippen LogP) is 3.57. The second kappa shape index (κ2) is 6.07. The fraction of sp³-hybridized carbons (Fsp3) is 0.364. The summed E-state index contributed by atoms with van der Waals surface area (Å²) in [5.74, 6) is 0.280. The number of aryl methyl sites for hydroxylation is 1. The Bertz CT molecular complexity index is 618. The summed E-state index contributed by atoms with van der Waals surface area (Å²) in [6.07, 6.45) is -5.24. The van der Waals surface area contributed by atoms with Crippen LogP contribution in [0.15, 0.2) is 12.1 Å². The van der Waals surface area contributed by atoms with Crippen molar-refractivity contribution in [3.05, 3.63) is 22.2 Å². The second-order valence-electron chi connectivity index (χ2n) is 4.31. The minimum atomic E-state index is -4.21. The van der Waals surface area contributed by atoms with Crippen molar-refractivity contribution in [2.45, 2.75) is 25.6 Å². The zero-order valence-corrected chi connectivity index (χ0v) is 12.0. The van der Waals surface area contributed by atoms with Gasteiger partial charge in [-0.05, 0) is 29.0 Å². The molecule has 0 aliphatic heterocycles. The van der Waals surface area contributed by atoms with Crippen LogP contribution in [0.1, 0.15) is 12.8 Å². The number of halogens is 5. The van der Waals surface area contributed by atoms with E-state index in [-0.39, 0.29) is 34.5 Å². The van der Waals surface area contributed by atoms with E-state index in [2.05, 4.69) is 15.5 Å². The van der Waals surface area contributed by atoms with Gasteiger partial charge < -0.3 is 5.73 Å². The molecule has 0 unspecified atom stereocenters. The van der Waals surface area contributed by atoms with Gasteiger partial charge in [0.25, 0.3) is 0 Å². The van der Waals surface area contributed by atoms with Crippen LogP contribution >= 0.6 is 23.2 Å². The van der Waals surface area contributed by atoms with E-state index in [1.54, 1.807) is 0 Å². The minimum absolute atomic E-state index is 0.0298. The maximum atomic E-state index is 12.1. The van der Waals surface area contributed by atoms with Gasteiger partial charge in [0.1, 0.15) is 0 Å². The van der Waals surface area contributed by atoms with Crippen LogP contribution in [0.3, 0.4) is 0 Å². The number of benzene rings is 1. The number of hydrogen-bond acceptors (Lipinski definition) is 4. The van der Waals surface area contributed by atoms with Crippen molar-refractivity contribution in [1.82, 2.24) is 20.2 Å². The standard InChI is InChI=1S/C11H10Cl2F3N5/c12-7-4-6(5-8(17)9(7)13)10-18-19-20-21(10)3-1-2-11(14,15)16/h4-5H,1-3,17H2. The first-order chi connectivity index (χ1) is 9.78. The van der Waals surface area contributed by atoms with Crippen LogP contribution in [0, 0.1) is 0 Å². The first-order valence-corrected chi connectivity index (χ1v) is 6.61. The van der Waals surface area contributed by atoms with Crippen molar-refractivity contribution >= 4 is 28.9 Å². The number of hydrogen-bond donors (Lipinski definition) is 1. The number of rotatable bonds is 4. The predicted molar refractivity (Wildman–Crippen MR) is 73.0 cm³/mol. The first kappa shape index (κ1) is 15.8. The van der Waals surface area contributed by atoms with Gasteiger partial charge in [-0.25, -0.2) is 4.68 Å². The molecule has 0 saturated heterocycles. The van der Waals surface area contributed by atoms with E-state index in [4.69, 9.17) is 28.9 Å². The lowest BCUT2D eigenvalue weighted by molar-refractivity contribution is -0.136. The highest BCUT2D eigenvalue weighted by atomic mass is 35.5. The number of anilines is 1. The van der Waals surface area contributed by atoms with Gasteiger partial charge >= 0.3 is 6.18 Å². The molecule has 5 nitrogen and oxygen atoms in total. The van der Waals surface area contributed by atoms with E-state index in [1.807, 2.05) is 0 Å². The maximum absolute atomic E-state index is 12.1. The van der Waals surface area contributed by atoms with Crippen LogP contribution in [0.4, 0.5) is 18.9 Å². The minimum Gasteiger partial charge on any atom is -0.397 e. The molecule has 21 heavy (non-hydrogen) atoms. The van der Waals surface area contributed by atoms with Crippen LogP contribution in [-0.2, 0) is 6.54 Å². The van der Waals surface area contributed by atoms with Crippen LogP contribution in [0.5, 0.6) is 0 Å². The fourth-order valence-electron chi connectivity index (χ4n) is 1.73. The molecule has 114 valence electrons. The Balaban J connectivity index is 2.20. The van der Waals surface area contributed by atoms with E-state index >= 15 is 0 Å². The Morgan fingerprint density at radius 2 is 1.95 bits per heavy atom. The molecule has 0 fully saturated rings. The first-order valence-electron chi connectivity index (χ1n) is 5.86. The Kier molecular flexibility index (Phi) is 4.58. The molecule has 0 atom stereocenters. The molecule has 2 N–H and O–H groups in total. The second-order valence-corrected chi connectivity index (χ2v) is 5.09. The molecule has 0 amide bonds. The smallest absolute Gasteiger partial charge is 0.389 e. The van der Waals surface area contributed by atoms with Gasteiger partial charge in [-0.15, -0.1) is 5.10 Å². The summed E-state index contributed by atoms with van der Waals surface area (Å²) >= 11 is 11.8. The quantitative estimate of drug-likeness (QED) is 0.864. The van der Waals surface area contributed by atoms with Crippen molar-refractivity contribution in [3.63, 3.8) is 0 Å². The van der Waals surface area contributed by atoms with Gasteiger partial charge in [0.05, 0.1) is 15.7 Å². The lowest BCUT2D eigenvalue weighted by atomic mass is 10.2.